The monoisotopic (exact) mass is 243 g/mol. The maximum atomic E-state index is 13.5. The lowest BCUT2D eigenvalue weighted by molar-refractivity contribution is 0.564. The number of halogens is 2. The molecule has 0 atom stereocenters. The second kappa shape index (κ2) is 5.29. The van der Waals surface area contributed by atoms with Crippen LogP contribution in [0.15, 0.2) is 6.07 Å². The number of hydrogen-bond acceptors (Lipinski definition) is 3. The Kier molecular flexibility index (Phi) is 4.26. The van der Waals surface area contributed by atoms with E-state index in [1.54, 1.807) is 0 Å². The van der Waals surface area contributed by atoms with E-state index in [2.05, 4.69) is 15.6 Å². The lowest BCUT2D eigenvalue weighted by atomic mass is 10.1. The molecule has 0 amide bonds. The van der Waals surface area contributed by atoms with Crippen molar-refractivity contribution in [1.29, 1.82) is 0 Å². The van der Waals surface area contributed by atoms with Gasteiger partial charge in [0.05, 0.1) is 0 Å². The lowest BCUT2D eigenvalue weighted by Gasteiger charge is -2.22. The minimum Gasteiger partial charge on any atom is -0.368 e. The molecule has 0 spiro atoms. The molecule has 0 unspecified atom stereocenters. The predicted molar refractivity (Wildman–Crippen MR) is 66.3 cm³/mol. The van der Waals surface area contributed by atoms with E-state index in [0.717, 1.165) is 12.5 Å². The van der Waals surface area contributed by atoms with Gasteiger partial charge in [-0.05, 0) is 27.2 Å². The molecule has 2 N–H and O–H groups in total. The predicted octanol–water partition coefficient (Wildman–Crippen LogP) is 3.39. The minimum atomic E-state index is -0.681. The molecular formula is C12H19F2N3. The maximum absolute atomic E-state index is 13.5. The van der Waals surface area contributed by atoms with Gasteiger partial charge in [-0.25, -0.2) is 13.8 Å². The fourth-order valence-corrected chi connectivity index (χ4v) is 1.28. The molecule has 3 nitrogen and oxygen atoms in total. The zero-order valence-corrected chi connectivity index (χ0v) is 10.7. The number of aromatic nitrogens is 1. The van der Waals surface area contributed by atoms with Crippen LogP contribution in [0.4, 0.5) is 20.4 Å². The average Bonchev–Trinajstić information content (AvgIpc) is 2.18. The second-order valence-corrected chi connectivity index (χ2v) is 4.95. The smallest absolute Gasteiger partial charge is 0.168 e. The fraction of sp³-hybridized carbons (Fsp3) is 0.583. The SMILES string of the molecule is CCCNc1nc(NC(C)(C)C)c(F)cc1F. The normalized spacial score (nSPS) is 11.4. The van der Waals surface area contributed by atoms with Crippen LogP contribution in [0.2, 0.25) is 0 Å². The first-order valence-corrected chi connectivity index (χ1v) is 5.71. The van der Waals surface area contributed by atoms with Crippen molar-refractivity contribution >= 4 is 11.6 Å². The van der Waals surface area contributed by atoms with Gasteiger partial charge in [-0.1, -0.05) is 6.92 Å². The summed E-state index contributed by atoms with van der Waals surface area (Å²) in [7, 11) is 0. The van der Waals surface area contributed by atoms with Crippen molar-refractivity contribution in [1.82, 2.24) is 4.98 Å². The van der Waals surface area contributed by atoms with Crippen molar-refractivity contribution in [2.45, 2.75) is 39.7 Å². The molecular weight excluding hydrogens is 224 g/mol. The third-order valence-corrected chi connectivity index (χ3v) is 1.97. The van der Waals surface area contributed by atoms with Gasteiger partial charge < -0.3 is 10.6 Å². The van der Waals surface area contributed by atoms with Gasteiger partial charge in [0.15, 0.2) is 23.3 Å². The van der Waals surface area contributed by atoms with Crippen LogP contribution < -0.4 is 10.6 Å². The molecule has 0 saturated carbocycles. The Morgan fingerprint density at radius 2 is 1.76 bits per heavy atom. The maximum Gasteiger partial charge on any atom is 0.168 e. The molecule has 0 aliphatic carbocycles. The highest BCUT2D eigenvalue weighted by Gasteiger charge is 2.16. The quantitative estimate of drug-likeness (QED) is 0.851. The van der Waals surface area contributed by atoms with Crippen LogP contribution in [0.25, 0.3) is 0 Å². The molecule has 0 bridgehead atoms. The fourth-order valence-electron chi connectivity index (χ4n) is 1.28. The van der Waals surface area contributed by atoms with Gasteiger partial charge in [0.2, 0.25) is 0 Å². The molecule has 0 radical (unpaired) electrons. The van der Waals surface area contributed by atoms with Gasteiger partial charge in [-0.3, -0.25) is 0 Å². The van der Waals surface area contributed by atoms with E-state index < -0.39 is 11.6 Å². The first-order valence-electron chi connectivity index (χ1n) is 5.71. The zero-order chi connectivity index (χ0) is 13.1. The average molecular weight is 243 g/mol. The summed E-state index contributed by atoms with van der Waals surface area (Å²) in [5.74, 6) is -1.20. The molecule has 96 valence electrons. The van der Waals surface area contributed by atoms with Crippen molar-refractivity contribution in [2.75, 3.05) is 17.2 Å². The molecule has 5 heteroatoms. The zero-order valence-electron chi connectivity index (χ0n) is 10.7. The van der Waals surface area contributed by atoms with Gasteiger partial charge in [0.25, 0.3) is 0 Å². The second-order valence-electron chi connectivity index (χ2n) is 4.95. The van der Waals surface area contributed by atoms with Crippen molar-refractivity contribution < 1.29 is 8.78 Å². The molecule has 1 heterocycles. The van der Waals surface area contributed by atoms with Crippen LogP contribution in [-0.2, 0) is 0 Å². The molecule has 0 aromatic carbocycles. The van der Waals surface area contributed by atoms with Gasteiger partial charge in [0.1, 0.15) is 0 Å². The van der Waals surface area contributed by atoms with Crippen LogP contribution in [0.3, 0.4) is 0 Å². The van der Waals surface area contributed by atoms with Crippen LogP contribution in [0, 0.1) is 11.6 Å². The third kappa shape index (κ3) is 4.17. The number of hydrogen-bond donors (Lipinski definition) is 2. The molecule has 1 aromatic rings. The van der Waals surface area contributed by atoms with E-state index in [4.69, 9.17) is 0 Å². The molecule has 1 rings (SSSR count). The van der Waals surface area contributed by atoms with E-state index in [1.165, 1.54) is 0 Å². The van der Waals surface area contributed by atoms with E-state index in [1.807, 2.05) is 27.7 Å². The Bertz CT molecular complexity index is 386. The van der Waals surface area contributed by atoms with E-state index in [9.17, 15) is 8.78 Å². The summed E-state index contributed by atoms with van der Waals surface area (Å²) in [6, 6.07) is 0.846. The topological polar surface area (TPSA) is 37.0 Å². The Labute approximate surface area is 101 Å². The summed E-state index contributed by atoms with van der Waals surface area (Å²) in [5.41, 5.74) is -0.326. The molecule has 1 aromatic heterocycles. The highest BCUT2D eigenvalue weighted by molar-refractivity contribution is 5.48. The lowest BCUT2D eigenvalue weighted by Crippen LogP contribution is -2.27. The number of pyridine rings is 1. The largest absolute Gasteiger partial charge is 0.368 e. The number of nitrogens with zero attached hydrogens (tertiary/aromatic N) is 1. The van der Waals surface area contributed by atoms with E-state index >= 15 is 0 Å². The van der Waals surface area contributed by atoms with Gasteiger partial charge in [-0.15, -0.1) is 0 Å². The Morgan fingerprint density at radius 1 is 1.18 bits per heavy atom. The molecule has 0 saturated heterocycles. The van der Waals surface area contributed by atoms with Gasteiger partial charge in [-0.2, -0.15) is 0 Å². The Morgan fingerprint density at radius 3 is 2.29 bits per heavy atom. The summed E-state index contributed by atoms with van der Waals surface area (Å²) < 4.78 is 26.9. The molecule has 0 aliphatic heterocycles. The van der Waals surface area contributed by atoms with Crippen molar-refractivity contribution in [3.05, 3.63) is 17.7 Å². The number of nitrogens with one attached hydrogen (secondary N) is 2. The Balaban J connectivity index is 2.97. The third-order valence-electron chi connectivity index (χ3n) is 1.97. The minimum absolute atomic E-state index is 0.0671. The van der Waals surface area contributed by atoms with Crippen molar-refractivity contribution in [3.63, 3.8) is 0 Å². The van der Waals surface area contributed by atoms with Crippen LogP contribution >= 0.6 is 0 Å². The van der Waals surface area contributed by atoms with Crippen molar-refractivity contribution in [3.8, 4) is 0 Å². The summed E-state index contributed by atoms with van der Waals surface area (Å²) in [6.45, 7) is 8.22. The van der Waals surface area contributed by atoms with Gasteiger partial charge in [0, 0.05) is 18.2 Å². The van der Waals surface area contributed by atoms with Gasteiger partial charge >= 0.3 is 0 Å². The number of anilines is 2. The first kappa shape index (κ1) is 13.7. The van der Waals surface area contributed by atoms with Crippen LogP contribution in [-0.4, -0.2) is 17.1 Å². The Hall–Kier alpha value is -1.39. The summed E-state index contributed by atoms with van der Waals surface area (Å²) in [6.07, 6.45) is 0.848. The summed E-state index contributed by atoms with van der Waals surface area (Å²) in [5, 5.41) is 5.72. The standard InChI is InChI=1S/C12H19F2N3/c1-5-6-15-10-8(13)7-9(14)11(16-10)17-12(2,3)4/h7H,5-6H2,1-4H3,(H2,15,16,17). The summed E-state index contributed by atoms with van der Waals surface area (Å²) in [4.78, 5) is 3.92. The molecule has 17 heavy (non-hydrogen) atoms. The molecule has 0 fully saturated rings. The van der Waals surface area contributed by atoms with Crippen molar-refractivity contribution in [2.24, 2.45) is 0 Å². The van der Waals surface area contributed by atoms with E-state index in [-0.39, 0.29) is 17.2 Å². The number of rotatable bonds is 4. The highest BCUT2D eigenvalue weighted by atomic mass is 19.1. The first-order chi connectivity index (χ1) is 7.83. The highest BCUT2D eigenvalue weighted by Crippen LogP contribution is 2.21. The summed E-state index contributed by atoms with van der Waals surface area (Å²) >= 11 is 0. The molecule has 0 aliphatic rings. The van der Waals surface area contributed by atoms with Crippen LogP contribution in [0.1, 0.15) is 34.1 Å². The van der Waals surface area contributed by atoms with E-state index in [0.29, 0.717) is 6.54 Å². The van der Waals surface area contributed by atoms with Crippen LogP contribution in [0.5, 0.6) is 0 Å².